The van der Waals surface area contributed by atoms with Gasteiger partial charge in [0.15, 0.2) is 0 Å². The molecule has 0 saturated heterocycles. The molecule has 0 aromatic heterocycles. The van der Waals surface area contributed by atoms with Crippen LogP contribution in [0.1, 0.15) is 182 Å². The number of carbonyl (C=O) groups is 1. The molecule has 0 bridgehead atoms. The number of carbonyl (C=O) groups excluding carboxylic acids is 1. The van der Waals surface area contributed by atoms with Crippen molar-refractivity contribution in [2.45, 2.75) is 182 Å². The van der Waals surface area contributed by atoms with Gasteiger partial charge < -0.3 is 0 Å². The first-order chi connectivity index (χ1) is 17.0. The van der Waals surface area contributed by atoms with Gasteiger partial charge >= 0.3 is 0 Å². The first kappa shape index (κ1) is 34.1. The van der Waals surface area contributed by atoms with E-state index < -0.39 is 0 Å². The van der Waals surface area contributed by atoms with Crippen LogP contribution in [0.4, 0.5) is 0 Å². The number of rotatable bonds is 26. The number of unbranched alkanes of at least 4 members (excludes halogenated alkanes) is 16. The van der Waals surface area contributed by atoms with Crippen LogP contribution in [0.25, 0.3) is 0 Å². The lowest BCUT2D eigenvalue weighted by Gasteiger charge is -2.20. The van der Waals surface area contributed by atoms with Gasteiger partial charge in [-0.2, -0.15) is 5.10 Å². The van der Waals surface area contributed by atoms with Crippen LogP contribution in [-0.2, 0) is 4.79 Å². The first-order valence-corrected chi connectivity index (χ1v) is 15.9. The van der Waals surface area contributed by atoms with E-state index in [0.717, 1.165) is 12.8 Å². The quantitative estimate of drug-likeness (QED) is 0.0728. The maximum absolute atomic E-state index is 12.7. The van der Waals surface area contributed by atoms with E-state index in [0.29, 0.717) is 18.3 Å². The van der Waals surface area contributed by atoms with Crippen molar-refractivity contribution in [2.75, 3.05) is 0 Å². The van der Waals surface area contributed by atoms with Gasteiger partial charge in [0.25, 0.3) is 0 Å². The monoisotopic (exact) mass is 493 g/mol. The van der Waals surface area contributed by atoms with Crippen molar-refractivity contribution >= 4 is 11.6 Å². The molecular formula is C32H64N2O. The van der Waals surface area contributed by atoms with Crippen LogP contribution in [0.5, 0.6) is 0 Å². The molecule has 0 aromatic rings. The highest BCUT2D eigenvalue weighted by Crippen LogP contribution is 2.23. The van der Waals surface area contributed by atoms with Crippen LogP contribution in [0, 0.1) is 11.8 Å². The largest absolute Gasteiger partial charge is 0.273 e. The summed E-state index contributed by atoms with van der Waals surface area (Å²) in [7, 11) is 0. The third-order valence-corrected chi connectivity index (χ3v) is 7.55. The van der Waals surface area contributed by atoms with E-state index in [4.69, 9.17) is 0 Å². The summed E-state index contributed by atoms with van der Waals surface area (Å²) in [5.74, 6) is 1.15. The second kappa shape index (κ2) is 26.2. The van der Waals surface area contributed by atoms with Crippen molar-refractivity contribution in [1.82, 2.24) is 5.43 Å². The number of hydrogen-bond acceptors (Lipinski definition) is 2. The Balaban J connectivity index is 4.48. The highest BCUT2D eigenvalue weighted by Gasteiger charge is 2.17. The molecule has 0 rings (SSSR count). The van der Waals surface area contributed by atoms with Crippen molar-refractivity contribution in [3.8, 4) is 0 Å². The molecule has 0 aliphatic heterocycles. The van der Waals surface area contributed by atoms with E-state index in [1.54, 1.807) is 0 Å². The van der Waals surface area contributed by atoms with Crippen molar-refractivity contribution in [1.29, 1.82) is 0 Å². The van der Waals surface area contributed by atoms with Gasteiger partial charge in [0.05, 0.1) is 0 Å². The molecule has 0 fully saturated rings. The summed E-state index contributed by atoms with van der Waals surface area (Å²) in [6.07, 6.45) is 28.9. The summed E-state index contributed by atoms with van der Waals surface area (Å²) in [5.41, 5.74) is 4.18. The van der Waals surface area contributed by atoms with Gasteiger partial charge in [0, 0.05) is 12.1 Å². The van der Waals surface area contributed by atoms with Gasteiger partial charge in [-0.05, 0) is 43.9 Å². The summed E-state index contributed by atoms with van der Waals surface area (Å²) >= 11 is 0. The fraction of sp³-hybridized carbons (Fsp3) is 0.938. The average Bonchev–Trinajstić information content (AvgIpc) is 2.84. The van der Waals surface area contributed by atoms with E-state index in [2.05, 4.69) is 45.1 Å². The molecule has 0 heterocycles. The molecular weight excluding hydrogens is 428 g/mol. The van der Waals surface area contributed by atoms with Gasteiger partial charge in [0.2, 0.25) is 5.91 Å². The predicted octanol–water partition coefficient (Wildman–Crippen LogP) is 10.8. The minimum absolute atomic E-state index is 0.120. The summed E-state index contributed by atoms with van der Waals surface area (Å²) in [6, 6.07) is 0. The van der Waals surface area contributed by atoms with Gasteiger partial charge in [0.1, 0.15) is 0 Å². The van der Waals surface area contributed by atoms with E-state index in [-0.39, 0.29) is 5.91 Å². The molecule has 35 heavy (non-hydrogen) atoms. The summed E-state index contributed by atoms with van der Waals surface area (Å²) in [5, 5.41) is 4.66. The fourth-order valence-corrected chi connectivity index (χ4v) is 4.92. The van der Waals surface area contributed by atoms with Crippen LogP contribution < -0.4 is 5.43 Å². The minimum Gasteiger partial charge on any atom is -0.273 e. The summed E-state index contributed by atoms with van der Waals surface area (Å²) in [4.78, 5) is 12.7. The molecule has 208 valence electrons. The molecule has 3 nitrogen and oxygen atoms in total. The number of nitrogens with one attached hydrogen (secondary N) is 1. The fourth-order valence-electron chi connectivity index (χ4n) is 4.92. The Bertz CT molecular complexity index is 468. The SMILES string of the molecule is CCCCCCCCCC(CC(=O)NN=C(CCCCCCCC)CCCCCCCC)C(C)C. The minimum atomic E-state index is 0.120. The normalized spacial score (nSPS) is 12.2. The molecule has 0 saturated carbocycles. The zero-order chi connectivity index (χ0) is 26.0. The Morgan fingerprint density at radius 2 is 1.00 bits per heavy atom. The molecule has 1 amide bonds. The maximum Gasteiger partial charge on any atom is 0.240 e. The third kappa shape index (κ3) is 23.3. The zero-order valence-electron chi connectivity index (χ0n) is 24.8. The van der Waals surface area contributed by atoms with Gasteiger partial charge in [-0.15, -0.1) is 0 Å². The molecule has 3 heteroatoms. The lowest BCUT2D eigenvalue weighted by molar-refractivity contribution is -0.122. The van der Waals surface area contributed by atoms with Gasteiger partial charge in [-0.3, -0.25) is 4.79 Å². The van der Waals surface area contributed by atoms with Crippen LogP contribution in [0.3, 0.4) is 0 Å². The lowest BCUT2D eigenvalue weighted by Crippen LogP contribution is -2.24. The van der Waals surface area contributed by atoms with Crippen molar-refractivity contribution in [3.63, 3.8) is 0 Å². The third-order valence-electron chi connectivity index (χ3n) is 7.55. The van der Waals surface area contributed by atoms with Crippen molar-refractivity contribution < 1.29 is 4.79 Å². The lowest BCUT2D eigenvalue weighted by atomic mass is 9.87. The standard InChI is InChI=1S/C32H64N2O/c1-6-9-12-15-18-19-22-25-30(29(4)5)28-32(35)34-33-31(26-23-20-16-13-10-7-2)27-24-21-17-14-11-8-3/h29-30H,6-28H2,1-5H3,(H,34,35). The number of nitrogens with zero attached hydrogens (tertiary/aromatic N) is 1. The molecule has 1 atom stereocenters. The van der Waals surface area contributed by atoms with Gasteiger partial charge in [-0.1, -0.05) is 144 Å². The predicted molar refractivity (Wildman–Crippen MR) is 157 cm³/mol. The van der Waals surface area contributed by atoms with Crippen LogP contribution in [0.2, 0.25) is 0 Å². The van der Waals surface area contributed by atoms with Crippen molar-refractivity contribution in [3.05, 3.63) is 0 Å². The molecule has 0 radical (unpaired) electrons. The number of hydrogen-bond donors (Lipinski definition) is 1. The Hall–Kier alpha value is -0.860. The second-order valence-corrected chi connectivity index (χ2v) is 11.4. The molecule has 1 unspecified atom stereocenters. The summed E-state index contributed by atoms with van der Waals surface area (Å²) in [6.45, 7) is 11.4. The molecule has 0 aliphatic carbocycles. The first-order valence-electron chi connectivity index (χ1n) is 15.9. The van der Waals surface area contributed by atoms with Crippen LogP contribution in [-0.4, -0.2) is 11.6 Å². The number of amides is 1. The Morgan fingerprint density at radius 3 is 1.43 bits per heavy atom. The van der Waals surface area contributed by atoms with Crippen molar-refractivity contribution in [2.24, 2.45) is 16.9 Å². The second-order valence-electron chi connectivity index (χ2n) is 11.4. The van der Waals surface area contributed by atoms with E-state index >= 15 is 0 Å². The van der Waals surface area contributed by atoms with E-state index in [9.17, 15) is 4.79 Å². The average molecular weight is 493 g/mol. The number of hydrazone groups is 1. The molecule has 0 spiro atoms. The molecule has 0 aromatic carbocycles. The molecule has 1 N–H and O–H groups in total. The topological polar surface area (TPSA) is 41.5 Å². The van der Waals surface area contributed by atoms with Gasteiger partial charge in [-0.25, -0.2) is 5.43 Å². The zero-order valence-corrected chi connectivity index (χ0v) is 24.8. The Labute approximate surface area is 221 Å². The van der Waals surface area contributed by atoms with E-state index in [1.807, 2.05) is 0 Å². The Morgan fingerprint density at radius 1 is 0.600 bits per heavy atom. The van der Waals surface area contributed by atoms with E-state index in [1.165, 1.54) is 134 Å². The maximum atomic E-state index is 12.7. The highest BCUT2D eigenvalue weighted by atomic mass is 16.2. The smallest absolute Gasteiger partial charge is 0.240 e. The Kier molecular flexibility index (Phi) is 25.6. The van der Waals surface area contributed by atoms with Crippen LogP contribution >= 0.6 is 0 Å². The molecule has 0 aliphatic rings. The summed E-state index contributed by atoms with van der Waals surface area (Å²) < 4.78 is 0. The highest BCUT2D eigenvalue weighted by molar-refractivity contribution is 5.86. The van der Waals surface area contributed by atoms with Crippen LogP contribution in [0.15, 0.2) is 5.10 Å².